The standard InChI is InChI=1S/C20H18F3N3O3/c1-27-12-7-8-14(18(10-12)28-2)16-9-13(29-25-16)11-26-17-6-4-3-5-15(17)24-19(26)20(21,22)23/h3-8,10,13H,9,11H2,1-2H3. The van der Waals surface area contributed by atoms with Gasteiger partial charge < -0.3 is 18.9 Å². The zero-order valence-corrected chi connectivity index (χ0v) is 15.7. The molecule has 1 aliphatic heterocycles. The summed E-state index contributed by atoms with van der Waals surface area (Å²) in [5.74, 6) is 0.232. The van der Waals surface area contributed by atoms with Crippen molar-refractivity contribution in [2.24, 2.45) is 5.16 Å². The Balaban J connectivity index is 1.60. The monoisotopic (exact) mass is 405 g/mol. The average molecular weight is 405 g/mol. The first-order valence-electron chi connectivity index (χ1n) is 8.88. The largest absolute Gasteiger partial charge is 0.497 e. The SMILES string of the molecule is COc1ccc(C2=NOC(Cn3c(C(F)(F)F)nc4ccccc43)C2)c(OC)c1. The highest BCUT2D eigenvalue weighted by atomic mass is 19.4. The first-order valence-corrected chi connectivity index (χ1v) is 8.88. The first kappa shape index (κ1) is 19.1. The zero-order valence-electron chi connectivity index (χ0n) is 15.7. The molecule has 0 bridgehead atoms. The van der Waals surface area contributed by atoms with E-state index in [0.717, 1.165) is 4.57 Å². The molecule has 152 valence electrons. The van der Waals surface area contributed by atoms with Crippen LogP contribution in [0.25, 0.3) is 11.0 Å². The second-order valence-corrected chi connectivity index (χ2v) is 6.57. The Bertz CT molecular complexity index is 1080. The van der Waals surface area contributed by atoms with Crippen LogP contribution in [-0.2, 0) is 17.6 Å². The number of fused-ring (bicyclic) bond motifs is 1. The minimum absolute atomic E-state index is 0.0270. The molecule has 0 N–H and O–H groups in total. The van der Waals surface area contributed by atoms with Crippen molar-refractivity contribution in [3.8, 4) is 11.5 Å². The number of benzene rings is 2. The van der Waals surface area contributed by atoms with Crippen LogP contribution in [0.2, 0.25) is 0 Å². The lowest BCUT2D eigenvalue weighted by Gasteiger charge is -2.15. The number of hydrogen-bond donors (Lipinski definition) is 0. The number of ether oxygens (including phenoxy) is 2. The molecule has 2 aromatic carbocycles. The number of imidazole rings is 1. The van der Waals surface area contributed by atoms with Gasteiger partial charge in [0, 0.05) is 18.1 Å². The molecular weight excluding hydrogens is 387 g/mol. The van der Waals surface area contributed by atoms with Gasteiger partial charge in [0.15, 0.2) is 6.10 Å². The van der Waals surface area contributed by atoms with E-state index in [-0.39, 0.29) is 12.1 Å². The third kappa shape index (κ3) is 3.59. The maximum Gasteiger partial charge on any atom is 0.449 e. The lowest BCUT2D eigenvalue weighted by Crippen LogP contribution is -2.22. The van der Waals surface area contributed by atoms with Crippen molar-refractivity contribution >= 4 is 16.7 Å². The van der Waals surface area contributed by atoms with Crippen molar-refractivity contribution in [3.05, 3.63) is 53.9 Å². The van der Waals surface area contributed by atoms with E-state index in [1.54, 1.807) is 49.6 Å². The van der Waals surface area contributed by atoms with Gasteiger partial charge in [-0.05, 0) is 24.3 Å². The maximum absolute atomic E-state index is 13.5. The van der Waals surface area contributed by atoms with E-state index in [9.17, 15) is 13.2 Å². The molecule has 3 aromatic rings. The fourth-order valence-electron chi connectivity index (χ4n) is 3.40. The summed E-state index contributed by atoms with van der Waals surface area (Å²) in [7, 11) is 3.08. The van der Waals surface area contributed by atoms with Crippen LogP contribution in [0.5, 0.6) is 11.5 Å². The van der Waals surface area contributed by atoms with E-state index in [4.69, 9.17) is 14.3 Å². The first-order chi connectivity index (χ1) is 13.9. The number of alkyl halides is 3. The molecule has 29 heavy (non-hydrogen) atoms. The van der Waals surface area contributed by atoms with Gasteiger partial charge in [0.05, 0.1) is 37.5 Å². The predicted octanol–water partition coefficient (Wildman–Crippen LogP) is 4.27. The number of nitrogens with zero attached hydrogens (tertiary/aromatic N) is 3. The van der Waals surface area contributed by atoms with Gasteiger partial charge in [0.25, 0.3) is 0 Å². The Morgan fingerprint density at radius 1 is 1.14 bits per heavy atom. The van der Waals surface area contributed by atoms with Crippen molar-refractivity contribution in [1.82, 2.24) is 9.55 Å². The molecule has 0 fully saturated rings. The van der Waals surface area contributed by atoms with Gasteiger partial charge in [-0.3, -0.25) is 0 Å². The lowest BCUT2D eigenvalue weighted by molar-refractivity contribution is -0.147. The highest BCUT2D eigenvalue weighted by Crippen LogP contribution is 2.33. The molecular formula is C20H18F3N3O3. The number of oxime groups is 1. The molecule has 4 rings (SSSR count). The Labute approximate surface area is 164 Å². The summed E-state index contributed by atoms with van der Waals surface area (Å²) in [6, 6.07) is 11.8. The van der Waals surface area contributed by atoms with Crippen molar-refractivity contribution in [2.45, 2.75) is 25.2 Å². The van der Waals surface area contributed by atoms with E-state index in [0.29, 0.717) is 34.7 Å². The summed E-state index contributed by atoms with van der Waals surface area (Å²) in [4.78, 5) is 9.21. The Kier molecular flexibility index (Phi) is 4.81. The lowest BCUT2D eigenvalue weighted by atomic mass is 10.0. The van der Waals surface area contributed by atoms with Gasteiger partial charge in [-0.25, -0.2) is 4.98 Å². The van der Waals surface area contributed by atoms with Crippen LogP contribution >= 0.6 is 0 Å². The van der Waals surface area contributed by atoms with Crippen LogP contribution in [0.4, 0.5) is 13.2 Å². The Morgan fingerprint density at radius 2 is 1.93 bits per heavy atom. The van der Waals surface area contributed by atoms with Crippen molar-refractivity contribution in [3.63, 3.8) is 0 Å². The molecule has 1 atom stereocenters. The Hall–Kier alpha value is -3.23. The minimum Gasteiger partial charge on any atom is -0.497 e. The maximum atomic E-state index is 13.5. The van der Waals surface area contributed by atoms with Gasteiger partial charge in [0.1, 0.15) is 11.5 Å². The fourth-order valence-corrected chi connectivity index (χ4v) is 3.40. The van der Waals surface area contributed by atoms with E-state index in [1.807, 2.05) is 0 Å². The van der Waals surface area contributed by atoms with E-state index >= 15 is 0 Å². The molecule has 9 heteroatoms. The smallest absolute Gasteiger partial charge is 0.449 e. The molecule has 0 amide bonds. The molecule has 0 spiro atoms. The minimum atomic E-state index is -4.57. The Morgan fingerprint density at radius 3 is 2.66 bits per heavy atom. The molecule has 0 saturated heterocycles. The van der Waals surface area contributed by atoms with Crippen LogP contribution < -0.4 is 9.47 Å². The average Bonchev–Trinajstić information content (AvgIpc) is 3.33. The fraction of sp³-hybridized carbons (Fsp3) is 0.300. The number of rotatable bonds is 5. The van der Waals surface area contributed by atoms with Crippen molar-refractivity contribution in [1.29, 1.82) is 0 Å². The predicted molar refractivity (Wildman–Crippen MR) is 100 cm³/mol. The number of halogens is 3. The molecule has 1 aliphatic rings. The van der Waals surface area contributed by atoms with Gasteiger partial charge in [-0.15, -0.1) is 0 Å². The normalized spacial score (nSPS) is 16.6. The third-order valence-electron chi connectivity index (χ3n) is 4.75. The van der Waals surface area contributed by atoms with Gasteiger partial charge in [-0.1, -0.05) is 17.3 Å². The highest BCUT2D eigenvalue weighted by molar-refractivity contribution is 6.03. The zero-order chi connectivity index (χ0) is 20.6. The summed E-state index contributed by atoms with van der Waals surface area (Å²) in [6.07, 6.45) is -4.79. The van der Waals surface area contributed by atoms with E-state index < -0.39 is 18.1 Å². The molecule has 0 radical (unpaired) electrons. The van der Waals surface area contributed by atoms with E-state index in [1.165, 1.54) is 7.11 Å². The number of hydrogen-bond acceptors (Lipinski definition) is 5. The quantitative estimate of drug-likeness (QED) is 0.636. The molecule has 1 unspecified atom stereocenters. The van der Waals surface area contributed by atoms with Gasteiger partial charge in [-0.2, -0.15) is 13.2 Å². The van der Waals surface area contributed by atoms with Crippen LogP contribution in [-0.4, -0.2) is 35.6 Å². The molecule has 1 aromatic heterocycles. The molecule has 0 saturated carbocycles. The van der Waals surface area contributed by atoms with Crippen LogP contribution in [0.15, 0.2) is 47.6 Å². The highest BCUT2D eigenvalue weighted by Gasteiger charge is 2.38. The van der Waals surface area contributed by atoms with Gasteiger partial charge >= 0.3 is 6.18 Å². The van der Waals surface area contributed by atoms with Crippen LogP contribution in [0, 0.1) is 0 Å². The van der Waals surface area contributed by atoms with E-state index in [2.05, 4.69) is 10.1 Å². The molecule has 0 aliphatic carbocycles. The summed E-state index contributed by atoms with van der Waals surface area (Å²) >= 11 is 0. The second kappa shape index (κ2) is 7.31. The van der Waals surface area contributed by atoms with Crippen LogP contribution in [0.3, 0.4) is 0 Å². The summed E-state index contributed by atoms with van der Waals surface area (Å²) in [5.41, 5.74) is 2.00. The third-order valence-corrected chi connectivity index (χ3v) is 4.75. The number of para-hydroxylation sites is 2. The molecule has 6 nitrogen and oxygen atoms in total. The van der Waals surface area contributed by atoms with Crippen molar-refractivity contribution in [2.75, 3.05) is 14.2 Å². The van der Waals surface area contributed by atoms with Crippen LogP contribution in [0.1, 0.15) is 17.8 Å². The number of methoxy groups -OCH3 is 2. The summed E-state index contributed by atoms with van der Waals surface area (Å²) in [5, 5.41) is 4.08. The summed E-state index contributed by atoms with van der Waals surface area (Å²) in [6.45, 7) is -0.0270. The number of aromatic nitrogens is 2. The topological polar surface area (TPSA) is 57.9 Å². The molecule has 2 heterocycles. The second-order valence-electron chi connectivity index (χ2n) is 6.57. The van der Waals surface area contributed by atoms with Gasteiger partial charge in [0.2, 0.25) is 5.82 Å². The summed E-state index contributed by atoms with van der Waals surface area (Å²) < 4.78 is 52.2. The van der Waals surface area contributed by atoms with Crippen molar-refractivity contribution < 1.29 is 27.5 Å².